The van der Waals surface area contributed by atoms with Crippen LogP contribution in [0.3, 0.4) is 0 Å². The van der Waals surface area contributed by atoms with Gasteiger partial charge in [0.25, 0.3) is 0 Å². The molecule has 0 saturated heterocycles. The number of aliphatic hydroxyl groups is 7. The molecule has 0 aromatic carbocycles. The monoisotopic (exact) mass is 392 g/mol. The van der Waals surface area contributed by atoms with Crippen molar-refractivity contribution < 1.29 is 63.8 Å². The molecule has 0 radical (unpaired) electrons. The van der Waals surface area contributed by atoms with E-state index in [2.05, 4.69) is 9.05 Å². The van der Waals surface area contributed by atoms with Gasteiger partial charge in [0, 0.05) is 0 Å². The Bertz CT molecular complexity index is 471. The lowest BCUT2D eigenvalue weighted by Gasteiger charge is -2.24. The molecule has 8 N–H and O–H groups in total. The van der Waals surface area contributed by atoms with Gasteiger partial charge >= 0.3 is 7.82 Å². The second-order valence-corrected chi connectivity index (χ2v) is 6.25. The molecule has 0 rings (SSSR count). The summed E-state index contributed by atoms with van der Waals surface area (Å²) in [7, 11) is -5.13. The van der Waals surface area contributed by atoms with Gasteiger partial charge in [-0.1, -0.05) is 0 Å². The van der Waals surface area contributed by atoms with E-state index in [4.69, 9.17) is 20.4 Å². The van der Waals surface area contributed by atoms with Crippen LogP contribution in [0.1, 0.15) is 0 Å². The molecule has 0 amide bonds. The average Bonchev–Trinajstić information content (AvgIpc) is 2.60. The lowest BCUT2D eigenvalue weighted by Crippen LogP contribution is -2.45. The first-order valence-electron chi connectivity index (χ1n) is 6.76. The summed E-state index contributed by atoms with van der Waals surface area (Å²) in [4.78, 5) is 31.6. The number of carbonyl (C=O) groups excluding carboxylic acids is 2. The van der Waals surface area contributed by atoms with Crippen molar-refractivity contribution in [3.8, 4) is 0 Å². The standard InChI is InChI=1S/C11H21O13P/c12-1-5(15)9(18)8(3-14)24-25(21,22)23-4-7(17)11(20)10(19)6(16)2-13/h3,5-6,8-13,15-16,18-20H,1-2,4H2,(H,21,22)/t5-,6+,8+,9+,10-,11-/m1/s1. The van der Waals surface area contributed by atoms with Crippen LogP contribution in [0.2, 0.25) is 0 Å². The van der Waals surface area contributed by atoms with Crippen LogP contribution in [0.4, 0.5) is 0 Å². The molecule has 0 aliphatic heterocycles. The van der Waals surface area contributed by atoms with Crippen LogP contribution in [0.25, 0.3) is 0 Å². The Morgan fingerprint density at radius 2 is 1.48 bits per heavy atom. The lowest BCUT2D eigenvalue weighted by molar-refractivity contribution is -0.143. The van der Waals surface area contributed by atoms with Gasteiger partial charge in [0.05, 0.1) is 13.2 Å². The van der Waals surface area contributed by atoms with Gasteiger partial charge in [-0.25, -0.2) is 4.57 Å². The molecule has 0 aliphatic rings. The normalized spacial score (nSPS) is 21.4. The number of ketones is 1. The highest BCUT2D eigenvalue weighted by Crippen LogP contribution is 2.44. The molecule has 0 aliphatic carbocycles. The minimum Gasteiger partial charge on any atom is -0.394 e. The summed E-state index contributed by atoms with van der Waals surface area (Å²) in [6.45, 7) is -3.25. The Morgan fingerprint density at radius 3 is 1.92 bits per heavy atom. The molecule has 0 spiro atoms. The molecular formula is C11H21O13P. The maximum absolute atomic E-state index is 11.6. The number of rotatable bonds is 13. The number of phosphoric acid groups is 1. The minimum atomic E-state index is -5.13. The summed E-state index contributed by atoms with van der Waals surface area (Å²) in [5.74, 6) is -1.36. The summed E-state index contributed by atoms with van der Waals surface area (Å²) in [5.41, 5.74) is 0. The van der Waals surface area contributed by atoms with Gasteiger partial charge in [-0.05, 0) is 0 Å². The third-order valence-electron chi connectivity index (χ3n) is 2.91. The predicted octanol–water partition coefficient (Wildman–Crippen LogP) is -4.95. The lowest BCUT2D eigenvalue weighted by atomic mass is 10.1. The molecular weight excluding hydrogens is 371 g/mol. The number of aldehydes is 1. The minimum absolute atomic E-state index is 0.159. The molecule has 0 bridgehead atoms. The molecule has 148 valence electrons. The van der Waals surface area contributed by atoms with Gasteiger partial charge in [0.15, 0.2) is 18.2 Å². The molecule has 13 nitrogen and oxygen atoms in total. The zero-order valence-corrected chi connectivity index (χ0v) is 13.6. The summed E-state index contributed by atoms with van der Waals surface area (Å²) < 4.78 is 20.0. The maximum Gasteiger partial charge on any atom is 0.473 e. The van der Waals surface area contributed by atoms with Crippen LogP contribution < -0.4 is 0 Å². The van der Waals surface area contributed by atoms with E-state index in [1.807, 2.05) is 0 Å². The second kappa shape index (κ2) is 11.0. The van der Waals surface area contributed by atoms with Crippen molar-refractivity contribution in [1.82, 2.24) is 0 Å². The van der Waals surface area contributed by atoms with E-state index in [0.717, 1.165) is 0 Å². The van der Waals surface area contributed by atoms with Crippen molar-refractivity contribution >= 4 is 19.9 Å². The van der Waals surface area contributed by atoms with E-state index in [0.29, 0.717) is 0 Å². The highest BCUT2D eigenvalue weighted by Gasteiger charge is 2.36. The fourth-order valence-corrected chi connectivity index (χ4v) is 2.25. The van der Waals surface area contributed by atoms with E-state index in [9.17, 15) is 34.4 Å². The van der Waals surface area contributed by atoms with Crippen molar-refractivity contribution in [3.63, 3.8) is 0 Å². The van der Waals surface area contributed by atoms with Crippen LogP contribution in [0.15, 0.2) is 0 Å². The van der Waals surface area contributed by atoms with Gasteiger partial charge in [-0.3, -0.25) is 13.8 Å². The molecule has 0 saturated carbocycles. The predicted molar refractivity (Wildman–Crippen MR) is 75.9 cm³/mol. The van der Waals surface area contributed by atoms with Gasteiger partial charge in [-0.2, -0.15) is 0 Å². The van der Waals surface area contributed by atoms with E-state index >= 15 is 0 Å². The number of hydrogen-bond donors (Lipinski definition) is 8. The highest BCUT2D eigenvalue weighted by atomic mass is 31.2. The first kappa shape index (κ1) is 24.2. The van der Waals surface area contributed by atoms with Gasteiger partial charge in [0.2, 0.25) is 0 Å². The van der Waals surface area contributed by atoms with Crippen molar-refractivity contribution in [2.75, 3.05) is 19.8 Å². The SMILES string of the molecule is O=C[C@H](OP(=O)(O)OCC(=O)[C@@H](O)[C@H](O)[C@@H](O)CO)[C@@H](O)[C@H](O)CO. The zero-order valence-electron chi connectivity index (χ0n) is 12.7. The summed E-state index contributed by atoms with van der Waals surface area (Å²) in [6, 6.07) is 0. The van der Waals surface area contributed by atoms with Crippen molar-refractivity contribution in [1.29, 1.82) is 0 Å². The van der Waals surface area contributed by atoms with E-state index in [1.165, 1.54) is 0 Å². The number of hydrogen-bond acceptors (Lipinski definition) is 12. The van der Waals surface area contributed by atoms with Crippen molar-refractivity contribution in [2.45, 2.75) is 36.6 Å². The van der Waals surface area contributed by atoms with Gasteiger partial charge in [-0.15, -0.1) is 0 Å². The third kappa shape index (κ3) is 7.94. The van der Waals surface area contributed by atoms with Gasteiger partial charge < -0.3 is 45.4 Å². The van der Waals surface area contributed by atoms with Crippen LogP contribution >= 0.6 is 7.82 Å². The molecule has 1 unspecified atom stereocenters. The van der Waals surface area contributed by atoms with Crippen molar-refractivity contribution in [2.24, 2.45) is 0 Å². The topological polar surface area (TPSA) is 232 Å². The highest BCUT2D eigenvalue weighted by molar-refractivity contribution is 7.47. The van der Waals surface area contributed by atoms with Gasteiger partial charge in [0.1, 0.15) is 37.1 Å². The molecule has 7 atom stereocenters. The first-order chi connectivity index (χ1) is 11.5. The van der Waals surface area contributed by atoms with E-state index in [1.54, 1.807) is 0 Å². The van der Waals surface area contributed by atoms with Crippen LogP contribution in [-0.4, -0.2) is 109 Å². The Labute approximate surface area is 141 Å². The molecule has 0 aromatic rings. The second-order valence-electron chi connectivity index (χ2n) is 4.84. The number of phosphoric ester groups is 1. The fraction of sp³-hybridized carbons (Fsp3) is 0.818. The third-order valence-corrected chi connectivity index (χ3v) is 3.88. The summed E-state index contributed by atoms with van der Waals surface area (Å²) in [5, 5.41) is 63.5. The summed E-state index contributed by atoms with van der Waals surface area (Å²) >= 11 is 0. The number of carbonyl (C=O) groups is 2. The number of Topliss-reactive ketones (excluding diaryl/α,β-unsaturated/α-hetero) is 1. The maximum atomic E-state index is 11.6. The molecule has 25 heavy (non-hydrogen) atoms. The van der Waals surface area contributed by atoms with Crippen molar-refractivity contribution in [3.05, 3.63) is 0 Å². The molecule has 0 aromatic heterocycles. The Morgan fingerprint density at radius 1 is 1.00 bits per heavy atom. The van der Waals surface area contributed by atoms with Crippen LogP contribution in [0.5, 0.6) is 0 Å². The Hall–Kier alpha value is -0.830. The van der Waals surface area contributed by atoms with Crippen LogP contribution in [0, 0.1) is 0 Å². The average molecular weight is 392 g/mol. The molecule has 0 heterocycles. The smallest absolute Gasteiger partial charge is 0.394 e. The summed E-state index contributed by atoms with van der Waals surface area (Å²) in [6.07, 6.45) is -12.4. The Balaban J connectivity index is 4.73. The Kier molecular flexibility index (Phi) is 10.6. The largest absolute Gasteiger partial charge is 0.473 e. The fourth-order valence-electron chi connectivity index (χ4n) is 1.42. The molecule has 14 heteroatoms. The van der Waals surface area contributed by atoms with Crippen LogP contribution in [-0.2, 0) is 23.2 Å². The van der Waals surface area contributed by atoms with E-state index < -0.39 is 70.1 Å². The number of aliphatic hydroxyl groups excluding tert-OH is 7. The molecule has 0 fully saturated rings. The van der Waals surface area contributed by atoms with E-state index in [-0.39, 0.29) is 6.29 Å². The zero-order chi connectivity index (χ0) is 19.8. The quantitative estimate of drug-likeness (QED) is 0.108. The first-order valence-corrected chi connectivity index (χ1v) is 8.26.